The number of azo groups is 2. The van der Waals surface area contributed by atoms with Gasteiger partial charge in [-0.3, -0.25) is 28.8 Å². The summed E-state index contributed by atoms with van der Waals surface area (Å²) >= 11 is 49.6. The predicted octanol–water partition coefficient (Wildman–Crippen LogP) is 12.8. The van der Waals surface area contributed by atoms with Crippen LogP contribution in [0.4, 0.5) is 34.1 Å². The quantitative estimate of drug-likeness (QED) is 0.0630. The van der Waals surface area contributed by atoms with Crippen LogP contribution in [-0.2, 0) is 19.2 Å². The summed E-state index contributed by atoms with van der Waals surface area (Å²) in [6, 6.07) is 16.2. The smallest absolute Gasteiger partial charge is 0.258 e. The largest absolute Gasteiger partial charge is 0.324 e. The first-order valence-electron chi connectivity index (χ1n) is 17.4. The van der Waals surface area contributed by atoms with Crippen molar-refractivity contribution in [1.29, 1.82) is 0 Å². The van der Waals surface area contributed by atoms with Gasteiger partial charge >= 0.3 is 0 Å². The van der Waals surface area contributed by atoms with Crippen LogP contribution >= 0.6 is 92.8 Å². The number of carbonyl (C=O) groups excluding carboxylic acids is 6. The van der Waals surface area contributed by atoms with Crippen molar-refractivity contribution in [1.82, 2.24) is 0 Å². The van der Waals surface area contributed by atoms with Crippen LogP contribution in [0, 0.1) is 0 Å². The molecule has 62 heavy (non-hydrogen) atoms. The van der Waals surface area contributed by atoms with Gasteiger partial charge in [-0.1, -0.05) is 92.8 Å². The molecule has 22 heteroatoms. The zero-order valence-electron chi connectivity index (χ0n) is 31.5. The molecular formula is C40H26Cl8N8O6. The summed E-state index contributed by atoms with van der Waals surface area (Å²) in [6.07, 6.45) is 0. The molecule has 0 fully saturated rings. The number of nitrogens with zero attached hydrogens (tertiary/aromatic N) is 4. The van der Waals surface area contributed by atoms with E-state index in [0.29, 0.717) is 21.4 Å². The van der Waals surface area contributed by atoms with Gasteiger partial charge in [-0.2, -0.15) is 20.5 Å². The lowest BCUT2D eigenvalue weighted by Gasteiger charge is -2.15. The fraction of sp³-hybridized carbons (Fsp3) is 0.100. The zero-order chi connectivity index (χ0) is 45.4. The molecule has 0 spiro atoms. The highest BCUT2D eigenvalue weighted by molar-refractivity contribution is 6.41. The summed E-state index contributed by atoms with van der Waals surface area (Å²) in [5.41, 5.74) is 0.540. The third kappa shape index (κ3) is 12.5. The van der Waals surface area contributed by atoms with Gasteiger partial charge in [-0.15, -0.1) is 0 Å². The van der Waals surface area contributed by atoms with E-state index in [4.69, 9.17) is 92.8 Å². The van der Waals surface area contributed by atoms with Gasteiger partial charge in [0.1, 0.15) is 11.4 Å². The first kappa shape index (κ1) is 47.9. The monoisotopic (exact) mass is 994 g/mol. The number of nitrogens with one attached hydrogen (secondary N) is 4. The molecule has 318 valence electrons. The molecule has 2 unspecified atom stereocenters. The van der Waals surface area contributed by atoms with Crippen LogP contribution in [0.25, 0.3) is 0 Å². The van der Waals surface area contributed by atoms with Crippen LogP contribution < -0.4 is 21.3 Å². The minimum absolute atomic E-state index is 0.0123. The Labute approximate surface area is 392 Å². The van der Waals surface area contributed by atoms with E-state index in [1.165, 1.54) is 72.8 Å². The zero-order valence-corrected chi connectivity index (χ0v) is 37.5. The topological polar surface area (TPSA) is 200 Å². The van der Waals surface area contributed by atoms with Gasteiger partial charge in [0, 0.05) is 26.9 Å². The predicted molar refractivity (Wildman–Crippen MR) is 243 cm³/mol. The molecule has 0 heterocycles. The minimum Gasteiger partial charge on any atom is -0.324 e. The summed E-state index contributed by atoms with van der Waals surface area (Å²) in [7, 11) is 0. The first-order chi connectivity index (χ1) is 29.3. The molecule has 2 atom stereocenters. The number of halogens is 8. The molecule has 4 N–H and O–H groups in total. The van der Waals surface area contributed by atoms with E-state index in [0.717, 1.165) is 13.8 Å². The second kappa shape index (κ2) is 21.3. The van der Waals surface area contributed by atoms with E-state index in [2.05, 4.69) is 41.7 Å². The Bertz CT molecular complexity index is 2690. The van der Waals surface area contributed by atoms with Crippen molar-refractivity contribution in [3.63, 3.8) is 0 Å². The van der Waals surface area contributed by atoms with Crippen molar-refractivity contribution in [2.45, 2.75) is 25.9 Å². The number of hydrogen-bond acceptors (Lipinski definition) is 10. The molecule has 0 aliphatic carbocycles. The molecule has 5 aromatic rings. The van der Waals surface area contributed by atoms with Gasteiger partial charge in [-0.25, -0.2) is 0 Å². The van der Waals surface area contributed by atoms with Crippen molar-refractivity contribution in [3.8, 4) is 0 Å². The summed E-state index contributed by atoms with van der Waals surface area (Å²) in [5, 5.41) is 26.7. The first-order valence-corrected chi connectivity index (χ1v) is 20.4. The van der Waals surface area contributed by atoms with Crippen LogP contribution in [0.2, 0.25) is 40.2 Å². The second-order valence-corrected chi connectivity index (χ2v) is 16.1. The number of carbonyl (C=O) groups is 6. The van der Waals surface area contributed by atoms with Crippen molar-refractivity contribution in [2.75, 3.05) is 21.3 Å². The molecule has 14 nitrogen and oxygen atoms in total. The summed E-state index contributed by atoms with van der Waals surface area (Å²) in [5.74, 6) is -4.53. The van der Waals surface area contributed by atoms with Gasteiger partial charge in [0.05, 0.1) is 47.2 Å². The molecule has 0 aliphatic heterocycles. The van der Waals surface area contributed by atoms with E-state index in [-0.39, 0.29) is 64.0 Å². The molecule has 4 amide bonds. The Morgan fingerprint density at radius 2 is 0.855 bits per heavy atom. The molecule has 5 rings (SSSR count). The SMILES string of the molecule is CC(=O)C(N=Nc1cc(C(=O)Nc2ccc(Cl)cc2Cl)ccc1Cl)C(=O)Nc1cc(Cl)c(NC(=O)C(N=Nc2cc(C(=O)Nc3ccc(Cl)cc3Cl)ccc2Cl)C(C)=O)c(Cl)c1. The number of anilines is 4. The van der Waals surface area contributed by atoms with Crippen molar-refractivity contribution in [2.24, 2.45) is 20.5 Å². The molecule has 0 aromatic heterocycles. The molecule has 0 saturated heterocycles. The molecular weight excluding hydrogens is 972 g/mol. The summed E-state index contributed by atoms with van der Waals surface area (Å²) in [4.78, 5) is 77.5. The average molecular weight is 998 g/mol. The molecule has 0 saturated carbocycles. The Balaban J connectivity index is 1.27. The summed E-state index contributed by atoms with van der Waals surface area (Å²) in [6.45, 7) is 2.20. The van der Waals surface area contributed by atoms with Crippen LogP contribution in [0.1, 0.15) is 34.6 Å². The number of ketones is 2. The third-order valence-electron chi connectivity index (χ3n) is 8.16. The number of benzene rings is 5. The highest BCUT2D eigenvalue weighted by atomic mass is 35.5. The highest BCUT2D eigenvalue weighted by Gasteiger charge is 2.27. The normalized spacial score (nSPS) is 12.2. The lowest BCUT2D eigenvalue weighted by atomic mass is 10.1. The van der Waals surface area contributed by atoms with Gasteiger partial charge < -0.3 is 21.3 Å². The minimum atomic E-state index is -1.73. The van der Waals surface area contributed by atoms with Gasteiger partial charge in [0.25, 0.3) is 23.6 Å². The Hall–Kier alpha value is -5.16. The lowest BCUT2D eigenvalue weighted by molar-refractivity contribution is -0.127. The maximum atomic E-state index is 13.3. The van der Waals surface area contributed by atoms with Crippen LogP contribution in [0.3, 0.4) is 0 Å². The van der Waals surface area contributed by atoms with Crippen LogP contribution in [0.15, 0.2) is 105 Å². The highest BCUT2D eigenvalue weighted by Crippen LogP contribution is 2.35. The number of amides is 4. The van der Waals surface area contributed by atoms with Crippen molar-refractivity contribution < 1.29 is 28.8 Å². The van der Waals surface area contributed by atoms with E-state index < -0.39 is 47.3 Å². The molecule has 0 aliphatic rings. The number of rotatable bonds is 14. The Morgan fingerprint density at radius 3 is 1.24 bits per heavy atom. The van der Waals surface area contributed by atoms with Crippen molar-refractivity contribution in [3.05, 3.63) is 136 Å². The van der Waals surface area contributed by atoms with E-state index in [9.17, 15) is 28.8 Å². The maximum absolute atomic E-state index is 13.3. The van der Waals surface area contributed by atoms with Gasteiger partial charge in [0.15, 0.2) is 11.6 Å². The standard InChI is InChI=1S/C40H26Cl8N8O6/c1-17(57)34(55-53-32-11-19(3-7-24(32)43)37(59)50-30-9-5-21(41)13-26(30)45)39(61)49-23-15-28(47)36(29(48)16-23)52-40(62)35(18(2)58)56-54-33-12-20(4-8-25(33)44)38(60)51-31-10-6-22(42)14-27(31)46/h3-16,34-35H,1-2H3,(H,49,61)(H,50,59)(H,51,60)(H,52,62). The molecule has 0 radical (unpaired) electrons. The van der Waals surface area contributed by atoms with E-state index >= 15 is 0 Å². The van der Waals surface area contributed by atoms with Gasteiger partial charge in [0.2, 0.25) is 12.1 Å². The molecule has 0 bridgehead atoms. The van der Waals surface area contributed by atoms with Crippen LogP contribution in [-0.4, -0.2) is 47.3 Å². The second-order valence-electron chi connectivity index (χ2n) is 12.7. The lowest BCUT2D eigenvalue weighted by Crippen LogP contribution is -2.32. The van der Waals surface area contributed by atoms with Crippen molar-refractivity contribution >= 4 is 162 Å². The number of hydrogen-bond donors (Lipinski definition) is 4. The summed E-state index contributed by atoms with van der Waals surface area (Å²) < 4.78 is 0. The van der Waals surface area contributed by atoms with Gasteiger partial charge in [-0.05, 0) is 98.8 Å². The van der Waals surface area contributed by atoms with E-state index in [1.807, 2.05) is 0 Å². The Morgan fingerprint density at radius 1 is 0.452 bits per heavy atom. The maximum Gasteiger partial charge on any atom is 0.258 e. The average Bonchev–Trinajstić information content (AvgIpc) is 3.19. The Kier molecular flexibility index (Phi) is 16.4. The third-order valence-corrected chi connectivity index (χ3v) is 10.5. The van der Waals surface area contributed by atoms with E-state index in [1.54, 1.807) is 12.1 Å². The fourth-order valence-corrected chi connectivity index (χ4v) is 6.88. The molecule has 5 aromatic carbocycles. The van der Waals surface area contributed by atoms with Crippen LogP contribution in [0.5, 0.6) is 0 Å². The fourth-order valence-electron chi connectivity index (χ4n) is 5.08. The number of Topliss-reactive ketones (excluding diaryl/α,β-unsaturated/α-hetero) is 2.